The number of unbranched alkanes of at least 4 members (excludes halogenated alkanes) is 3. The lowest BCUT2D eigenvalue weighted by Crippen LogP contribution is -2.37. The van der Waals surface area contributed by atoms with Crippen molar-refractivity contribution < 1.29 is 24.9 Å². The third-order valence-electron chi connectivity index (χ3n) is 5.51. The van der Waals surface area contributed by atoms with Gasteiger partial charge in [0.1, 0.15) is 5.78 Å². The first kappa shape index (κ1) is 22.8. The summed E-state index contributed by atoms with van der Waals surface area (Å²) in [6.07, 6.45) is 13.4. The third kappa shape index (κ3) is 8.00. The molecule has 1 fully saturated rings. The highest BCUT2D eigenvalue weighted by molar-refractivity contribution is 5.83. The van der Waals surface area contributed by atoms with E-state index in [-0.39, 0.29) is 12.3 Å². The fourth-order valence-electron chi connectivity index (χ4n) is 3.72. The maximum atomic E-state index is 12.1. The van der Waals surface area contributed by atoms with E-state index in [1.54, 1.807) is 0 Å². The van der Waals surface area contributed by atoms with E-state index in [0.717, 1.165) is 25.7 Å². The minimum atomic E-state index is -2.64. The van der Waals surface area contributed by atoms with Gasteiger partial charge in [-0.3, -0.25) is 4.79 Å². The molecule has 0 aliphatic heterocycles. The Hall–Kier alpha value is -1.20. The molecule has 0 aromatic heterocycles. The van der Waals surface area contributed by atoms with Gasteiger partial charge in [-0.05, 0) is 37.5 Å². The second-order valence-electron chi connectivity index (χ2n) is 7.91. The summed E-state index contributed by atoms with van der Waals surface area (Å²) >= 11 is 0. The van der Waals surface area contributed by atoms with Crippen LogP contribution in [0.25, 0.3) is 0 Å². The van der Waals surface area contributed by atoms with Crippen molar-refractivity contribution in [2.45, 2.75) is 90.3 Å². The summed E-state index contributed by atoms with van der Waals surface area (Å²) in [5.41, 5.74) is 0. The summed E-state index contributed by atoms with van der Waals surface area (Å²) in [4.78, 5) is 22.8. The largest absolute Gasteiger partial charge is 0.477 e. The normalized spacial score (nSPS) is 22.2. The monoisotopic (exact) mass is 368 g/mol. The lowest BCUT2D eigenvalue weighted by molar-refractivity contribution is -0.205. The Kier molecular flexibility index (Phi) is 10.1. The average Bonchev–Trinajstić information content (AvgIpc) is 2.92. The van der Waals surface area contributed by atoms with Crippen molar-refractivity contribution in [1.82, 2.24) is 0 Å². The van der Waals surface area contributed by atoms with Crippen LogP contribution in [0, 0.1) is 17.8 Å². The van der Waals surface area contributed by atoms with Crippen molar-refractivity contribution >= 4 is 11.8 Å². The molecule has 26 heavy (non-hydrogen) atoms. The SMILES string of the molecule is CCCCC(C)C/C=C/[C@H]1CCC(=O)[C@@H]1CCCCCC(O)(O)C(=O)O. The summed E-state index contributed by atoms with van der Waals surface area (Å²) in [7, 11) is 0. The molecule has 5 nitrogen and oxygen atoms in total. The predicted octanol–water partition coefficient (Wildman–Crippen LogP) is 4.07. The lowest BCUT2D eigenvalue weighted by atomic mass is 9.89. The summed E-state index contributed by atoms with van der Waals surface area (Å²) < 4.78 is 0. The minimum absolute atomic E-state index is 0.0738. The molecule has 0 heterocycles. The summed E-state index contributed by atoms with van der Waals surface area (Å²) in [5, 5.41) is 27.2. The van der Waals surface area contributed by atoms with Crippen molar-refractivity contribution in [2.24, 2.45) is 17.8 Å². The average molecular weight is 369 g/mol. The van der Waals surface area contributed by atoms with E-state index in [0.29, 0.717) is 36.9 Å². The molecular weight excluding hydrogens is 332 g/mol. The van der Waals surface area contributed by atoms with Crippen LogP contribution < -0.4 is 0 Å². The number of carbonyl (C=O) groups is 2. The molecule has 0 aromatic carbocycles. The van der Waals surface area contributed by atoms with Gasteiger partial charge in [0.05, 0.1) is 0 Å². The number of carboxylic acids is 1. The molecular formula is C21H36O5. The zero-order valence-electron chi connectivity index (χ0n) is 16.3. The molecule has 0 amide bonds. The van der Waals surface area contributed by atoms with Gasteiger partial charge in [-0.25, -0.2) is 4.79 Å². The Morgan fingerprint density at radius 2 is 2.00 bits per heavy atom. The van der Waals surface area contributed by atoms with E-state index in [2.05, 4.69) is 26.0 Å². The molecule has 0 spiro atoms. The number of rotatable bonds is 13. The molecule has 5 heteroatoms. The van der Waals surface area contributed by atoms with Gasteiger partial charge < -0.3 is 15.3 Å². The summed E-state index contributed by atoms with van der Waals surface area (Å²) in [5.74, 6) is -2.82. The van der Waals surface area contributed by atoms with Crippen LogP contribution >= 0.6 is 0 Å². The molecule has 1 aliphatic rings. The Labute approximate surface area is 157 Å². The molecule has 0 saturated heterocycles. The molecule has 1 unspecified atom stereocenters. The molecule has 1 saturated carbocycles. The van der Waals surface area contributed by atoms with Crippen LogP contribution in [-0.4, -0.2) is 32.9 Å². The zero-order valence-corrected chi connectivity index (χ0v) is 16.3. The highest BCUT2D eigenvalue weighted by Crippen LogP contribution is 2.34. The Morgan fingerprint density at radius 3 is 2.65 bits per heavy atom. The van der Waals surface area contributed by atoms with Crippen molar-refractivity contribution in [3.05, 3.63) is 12.2 Å². The zero-order chi connectivity index (χ0) is 19.6. The van der Waals surface area contributed by atoms with Gasteiger partial charge in [0, 0.05) is 18.8 Å². The minimum Gasteiger partial charge on any atom is -0.477 e. The van der Waals surface area contributed by atoms with Gasteiger partial charge in [-0.15, -0.1) is 0 Å². The van der Waals surface area contributed by atoms with E-state index in [1.807, 2.05) is 0 Å². The molecule has 3 N–H and O–H groups in total. The molecule has 0 aromatic rings. The van der Waals surface area contributed by atoms with Crippen LogP contribution in [0.4, 0.5) is 0 Å². The van der Waals surface area contributed by atoms with E-state index in [4.69, 9.17) is 5.11 Å². The van der Waals surface area contributed by atoms with Gasteiger partial charge in [-0.1, -0.05) is 58.1 Å². The highest BCUT2D eigenvalue weighted by Gasteiger charge is 2.33. The van der Waals surface area contributed by atoms with Crippen molar-refractivity contribution in [3.63, 3.8) is 0 Å². The molecule has 1 aliphatic carbocycles. The Bertz CT molecular complexity index is 469. The number of carbonyl (C=O) groups excluding carboxylic acids is 1. The highest BCUT2D eigenvalue weighted by atomic mass is 16.5. The van der Waals surface area contributed by atoms with Gasteiger partial charge >= 0.3 is 5.97 Å². The molecule has 1 rings (SSSR count). The first-order chi connectivity index (χ1) is 12.3. The first-order valence-corrected chi connectivity index (χ1v) is 10.2. The maximum Gasteiger partial charge on any atom is 0.364 e. The third-order valence-corrected chi connectivity index (χ3v) is 5.51. The maximum absolute atomic E-state index is 12.1. The van der Waals surface area contributed by atoms with Gasteiger partial charge in [0.2, 0.25) is 0 Å². The number of Topliss-reactive ketones (excluding diaryl/α,β-unsaturated/α-hetero) is 1. The second kappa shape index (κ2) is 11.5. The molecule has 150 valence electrons. The van der Waals surface area contributed by atoms with Crippen LogP contribution in [0.1, 0.15) is 84.5 Å². The van der Waals surface area contributed by atoms with Crippen LogP contribution in [0.15, 0.2) is 12.2 Å². The van der Waals surface area contributed by atoms with Crippen LogP contribution in [0.3, 0.4) is 0 Å². The lowest BCUT2D eigenvalue weighted by Gasteiger charge is -2.17. The fraction of sp³-hybridized carbons (Fsp3) is 0.810. The Morgan fingerprint density at radius 1 is 1.27 bits per heavy atom. The van der Waals surface area contributed by atoms with E-state index in [1.165, 1.54) is 19.3 Å². The van der Waals surface area contributed by atoms with Crippen molar-refractivity contribution in [3.8, 4) is 0 Å². The van der Waals surface area contributed by atoms with E-state index >= 15 is 0 Å². The van der Waals surface area contributed by atoms with Gasteiger partial charge in [-0.2, -0.15) is 0 Å². The molecule has 0 bridgehead atoms. The smallest absolute Gasteiger partial charge is 0.364 e. The van der Waals surface area contributed by atoms with Crippen LogP contribution in [-0.2, 0) is 9.59 Å². The van der Waals surface area contributed by atoms with Gasteiger partial charge in [0.15, 0.2) is 0 Å². The van der Waals surface area contributed by atoms with E-state index < -0.39 is 11.8 Å². The first-order valence-electron chi connectivity index (χ1n) is 10.2. The van der Waals surface area contributed by atoms with Crippen LogP contribution in [0.5, 0.6) is 0 Å². The Balaban J connectivity index is 2.32. The van der Waals surface area contributed by atoms with Crippen molar-refractivity contribution in [1.29, 1.82) is 0 Å². The second-order valence-corrected chi connectivity index (χ2v) is 7.91. The quantitative estimate of drug-likeness (QED) is 0.259. The topological polar surface area (TPSA) is 94.8 Å². The number of carboxylic acid groups (broad SMARTS) is 1. The number of hydrogen-bond donors (Lipinski definition) is 3. The van der Waals surface area contributed by atoms with E-state index in [9.17, 15) is 19.8 Å². The van der Waals surface area contributed by atoms with Crippen LogP contribution in [0.2, 0.25) is 0 Å². The predicted molar refractivity (Wildman–Crippen MR) is 102 cm³/mol. The van der Waals surface area contributed by atoms with Crippen molar-refractivity contribution in [2.75, 3.05) is 0 Å². The number of hydrogen-bond acceptors (Lipinski definition) is 4. The molecule has 0 radical (unpaired) electrons. The summed E-state index contributed by atoms with van der Waals surface area (Å²) in [6, 6.07) is 0. The molecule has 3 atom stereocenters. The summed E-state index contributed by atoms with van der Waals surface area (Å²) in [6.45, 7) is 4.48. The number of aliphatic hydroxyl groups is 2. The standard InChI is InChI=1S/C21H36O5/c1-3-4-9-16(2)10-8-11-17-13-14-19(22)18(17)12-6-5-7-15-21(25,26)20(23)24/h8,11,16-18,25-26H,3-7,9-10,12-15H2,1-2H3,(H,23,24)/b11-8+/t16?,17-,18+/m0/s1. The number of ketones is 1. The number of allylic oxidation sites excluding steroid dienone is 2. The fourth-order valence-corrected chi connectivity index (χ4v) is 3.72. The number of aliphatic carboxylic acids is 1. The van der Waals surface area contributed by atoms with Gasteiger partial charge in [0.25, 0.3) is 5.79 Å².